The van der Waals surface area contributed by atoms with Gasteiger partial charge in [0.25, 0.3) is 0 Å². The van der Waals surface area contributed by atoms with Gasteiger partial charge in [0.1, 0.15) is 11.5 Å². The van der Waals surface area contributed by atoms with E-state index in [0.717, 1.165) is 11.1 Å². The number of carbonyl (C=O) groups is 2. The van der Waals surface area contributed by atoms with Crippen LogP contribution < -0.4 is 10.1 Å². The molecule has 2 aromatic rings. The minimum absolute atomic E-state index is 0.145. The molecule has 0 saturated carbocycles. The van der Waals surface area contributed by atoms with Crippen LogP contribution in [-0.4, -0.2) is 30.7 Å². The average Bonchev–Trinajstić information content (AvgIpc) is 2.68. The number of para-hydroxylation sites is 1. The molecule has 0 radical (unpaired) electrons. The van der Waals surface area contributed by atoms with Gasteiger partial charge >= 0.3 is 11.9 Å². The molecule has 0 unspecified atom stereocenters. The molecular formula is C21H23NO5. The minimum Gasteiger partial charge on any atom is -0.464 e. The molecule has 3 rings (SSSR count). The van der Waals surface area contributed by atoms with E-state index in [0.29, 0.717) is 18.0 Å². The monoisotopic (exact) mass is 369 g/mol. The van der Waals surface area contributed by atoms with Crippen molar-refractivity contribution in [3.63, 3.8) is 0 Å². The van der Waals surface area contributed by atoms with Crippen molar-refractivity contribution >= 4 is 11.9 Å². The third kappa shape index (κ3) is 3.95. The van der Waals surface area contributed by atoms with Gasteiger partial charge in [-0.2, -0.15) is 0 Å². The van der Waals surface area contributed by atoms with E-state index in [9.17, 15) is 9.59 Å². The van der Waals surface area contributed by atoms with E-state index in [1.165, 1.54) is 0 Å². The number of hydrogen-bond donors (Lipinski definition) is 1. The maximum Gasteiger partial charge on any atom is 0.338 e. The number of rotatable bonds is 6. The summed E-state index contributed by atoms with van der Waals surface area (Å²) in [5.41, 5.74) is 0.313. The summed E-state index contributed by atoms with van der Waals surface area (Å²) in [6, 6.07) is 15.1. The maximum atomic E-state index is 12.6. The van der Waals surface area contributed by atoms with Crippen LogP contribution in [0, 0.1) is 0 Å². The van der Waals surface area contributed by atoms with E-state index in [1.807, 2.05) is 48.5 Å². The van der Waals surface area contributed by atoms with Crippen molar-refractivity contribution in [2.45, 2.75) is 32.4 Å². The zero-order valence-corrected chi connectivity index (χ0v) is 15.5. The Morgan fingerprint density at radius 2 is 1.59 bits per heavy atom. The smallest absolute Gasteiger partial charge is 0.338 e. The first-order valence-electron chi connectivity index (χ1n) is 9.03. The Kier molecular flexibility index (Phi) is 5.76. The topological polar surface area (TPSA) is 73.9 Å². The van der Waals surface area contributed by atoms with Crippen LogP contribution >= 0.6 is 0 Å². The summed E-state index contributed by atoms with van der Waals surface area (Å²) < 4.78 is 16.2. The third-order valence-electron chi connectivity index (χ3n) is 4.44. The summed E-state index contributed by atoms with van der Waals surface area (Å²) in [4.78, 5) is 25.2. The van der Waals surface area contributed by atoms with Gasteiger partial charge in [-0.1, -0.05) is 24.3 Å². The number of carbonyl (C=O) groups excluding carboxylic acids is 2. The van der Waals surface area contributed by atoms with Crippen molar-refractivity contribution in [3.05, 3.63) is 59.7 Å². The molecule has 1 N–H and O–H groups in total. The number of esters is 2. The first-order valence-corrected chi connectivity index (χ1v) is 9.03. The van der Waals surface area contributed by atoms with Gasteiger partial charge in [0, 0.05) is 13.0 Å². The third-order valence-corrected chi connectivity index (χ3v) is 4.44. The number of hydrogen-bond acceptors (Lipinski definition) is 6. The van der Waals surface area contributed by atoms with E-state index < -0.39 is 17.5 Å². The number of nitrogens with one attached hydrogen (secondary N) is 1. The Hall–Kier alpha value is -2.86. The van der Waals surface area contributed by atoms with Crippen molar-refractivity contribution in [1.82, 2.24) is 5.32 Å². The van der Waals surface area contributed by atoms with Crippen molar-refractivity contribution in [3.8, 4) is 11.5 Å². The van der Waals surface area contributed by atoms with Gasteiger partial charge in [-0.25, -0.2) is 9.59 Å². The standard InChI is InChI=1S/C21H23NO5/c1-3-25-19(23)21(20(24)26-4-2)13-16-12-18(11-10-15(16)14-22-21)27-17-8-6-5-7-9-17/h5-12,22H,3-4,13-14H2,1-2H3. The quantitative estimate of drug-likeness (QED) is 0.623. The molecule has 0 spiro atoms. The zero-order valence-electron chi connectivity index (χ0n) is 15.5. The predicted octanol–water partition coefficient (Wildman–Crippen LogP) is 2.99. The van der Waals surface area contributed by atoms with Crippen LogP contribution in [-0.2, 0) is 32.0 Å². The Morgan fingerprint density at radius 3 is 2.22 bits per heavy atom. The van der Waals surface area contributed by atoms with Gasteiger partial charge in [-0.3, -0.25) is 5.32 Å². The molecule has 27 heavy (non-hydrogen) atoms. The summed E-state index contributed by atoms with van der Waals surface area (Å²) in [6.45, 7) is 4.15. The molecule has 0 aromatic heterocycles. The van der Waals surface area contributed by atoms with Crippen LogP contribution in [0.5, 0.6) is 11.5 Å². The van der Waals surface area contributed by atoms with Crippen LogP contribution in [0.1, 0.15) is 25.0 Å². The molecule has 1 aliphatic heterocycles. The fourth-order valence-electron chi connectivity index (χ4n) is 3.10. The zero-order chi connectivity index (χ0) is 19.3. The molecule has 0 fully saturated rings. The van der Waals surface area contributed by atoms with Crippen molar-refractivity contribution < 1.29 is 23.8 Å². The number of benzene rings is 2. The van der Waals surface area contributed by atoms with E-state index in [2.05, 4.69) is 5.32 Å². The Labute approximate surface area is 158 Å². The van der Waals surface area contributed by atoms with Gasteiger partial charge < -0.3 is 14.2 Å². The highest BCUT2D eigenvalue weighted by atomic mass is 16.6. The van der Waals surface area contributed by atoms with E-state index in [-0.39, 0.29) is 19.6 Å². The molecule has 6 nitrogen and oxygen atoms in total. The molecule has 1 aliphatic rings. The first kappa shape index (κ1) is 18.9. The number of fused-ring (bicyclic) bond motifs is 1. The predicted molar refractivity (Wildman–Crippen MR) is 99.5 cm³/mol. The summed E-state index contributed by atoms with van der Waals surface area (Å²) >= 11 is 0. The lowest BCUT2D eigenvalue weighted by Gasteiger charge is -2.34. The summed E-state index contributed by atoms with van der Waals surface area (Å²) in [7, 11) is 0. The lowest BCUT2D eigenvalue weighted by molar-refractivity contribution is -0.166. The summed E-state index contributed by atoms with van der Waals surface area (Å²) in [5, 5.41) is 3.04. The highest BCUT2D eigenvalue weighted by Crippen LogP contribution is 2.30. The molecule has 0 aliphatic carbocycles. The molecule has 0 amide bonds. The van der Waals surface area contributed by atoms with Crippen LogP contribution in [0.2, 0.25) is 0 Å². The van der Waals surface area contributed by atoms with Crippen LogP contribution in [0.4, 0.5) is 0 Å². The van der Waals surface area contributed by atoms with Crippen LogP contribution in [0.25, 0.3) is 0 Å². The molecular weight excluding hydrogens is 346 g/mol. The lowest BCUT2D eigenvalue weighted by Crippen LogP contribution is -2.62. The Balaban J connectivity index is 1.90. The largest absolute Gasteiger partial charge is 0.464 e. The second kappa shape index (κ2) is 8.22. The van der Waals surface area contributed by atoms with Gasteiger partial charge in [-0.05, 0) is 49.2 Å². The number of ether oxygens (including phenoxy) is 3. The normalized spacial score (nSPS) is 14.7. The minimum atomic E-state index is -1.54. The van der Waals surface area contributed by atoms with Crippen molar-refractivity contribution in [2.24, 2.45) is 0 Å². The molecule has 0 atom stereocenters. The summed E-state index contributed by atoms with van der Waals surface area (Å²) in [5.74, 6) is 0.115. The molecule has 1 heterocycles. The van der Waals surface area contributed by atoms with Gasteiger partial charge in [0.2, 0.25) is 5.54 Å². The lowest BCUT2D eigenvalue weighted by atomic mass is 9.84. The second-order valence-corrected chi connectivity index (χ2v) is 6.22. The molecule has 0 bridgehead atoms. The highest BCUT2D eigenvalue weighted by molar-refractivity contribution is 6.05. The Bertz CT molecular complexity index is 801. The molecule has 2 aromatic carbocycles. The molecule has 0 saturated heterocycles. The maximum absolute atomic E-state index is 12.6. The summed E-state index contributed by atoms with van der Waals surface area (Å²) in [6.07, 6.45) is 0.145. The highest BCUT2D eigenvalue weighted by Gasteiger charge is 2.51. The van der Waals surface area contributed by atoms with Gasteiger partial charge in [0.15, 0.2) is 0 Å². The van der Waals surface area contributed by atoms with Crippen LogP contribution in [0.3, 0.4) is 0 Å². The van der Waals surface area contributed by atoms with E-state index in [1.54, 1.807) is 13.8 Å². The van der Waals surface area contributed by atoms with Crippen molar-refractivity contribution in [1.29, 1.82) is 0 Å². The van der Waals surface area contributed by atoms with E-state index >= 15 is 0 Å². The molecule has 142 valence electrons. The average molecular weight is 369 g/mol. The first-order chi connectivity index (χ1) is 13.1. The van der Waals surface area contributed by atoms with Gasteiger partial charge in [-0.15, -0.1) is 0 Å². The van der Waals surface area contributed by atoms with Gasteiger partial charge in [0.05, 0.1) is 13.2 Å². The van der Waals surface area contributed by atoms with E-state index in [4.69, 9.17) is 14.2 Å². The Morgan fingerprint density at radius 1 is 0.926 bits per heavy atom. The van der Waals surface area contributed by atoms with Crippen molar-refractivity contribution in [2.75, 3.05) is 13.2 Å². The van der Waals surface area contributed by atoms with Crippen LogP contribution in [0.15, 0.2) is 48.5 Å². The molecule has 6 heteroatoms. The second-order valence-electron chi connectivity index (χ2n) is 6.22. The fourth-order valence-corrected chi connectivity index (χ4v) is 3.10. The SMILES string of the molecule is CCOC(=O)C1(C(=O)OCC)Cc2cc(Oc3ccccc3)ccc2CN1. The fraction of sp³-hybridized carbons (Fsp3) is 0.333.